The maximum atomic E-state index is 15.6. The number of carbonyl (C=O) groups is 2. The second-order valence-electron chi connectivity index (χ2n) is 11.6. The molecule has 4 heterocycles. The Balaban J connectivity index is 1.72. The normalized spacial score (nSPS) is 20.1. The van der Waals surface area contributed by atoms with Crippen LogP contribution in [-0.2, 0) is 16.1 Å². The number of hydrogen-bond donors (Lipinski definition) is 2. The Morgan fingerprint density at radius 3 is 2.40 bits per heavy atom. The SMILES string of the molecule is BC1(B)N(c2cc(-c3cc(-c4ccnn4CC(F)(F)F)c4c(N)ncnn34)ccc2F)C(=O)C(C)(C)N(C(C)=O)C1(B)O. The molecule has 1 atom stereocenters. The van der Waals surface area contributed by atoms with Gasteiger partial charge in [-0.2, -0.15) is 23.4 Å². The molecule has 18 heteroatoms. The van der Waals surface area contributed by atoms with Gasteiger partial charge in [-0.1, -0.05) is 0 Å². The van der Waals surface area contributed by atoms with E-state index in [1.807, 2.05) is 0 Å². The van der Waals surface area contributed by atoms with Gasteiger partial charge in [0, 0.05) is 29.6 Å². The van der Waals surface area contributed by atoms with Crippen LogP contribution in [0.5, 0.6) is 0 Å². The van der Waals surface area contributed by atoms with E-state index < -0.39 is 46.9 Å². The molecule has 1 aromatic carbocycles. The molecule has 0 bridgehead atoms. The van der Waals surface area contributed by atoms with Crippen LogP contribution in [-0.4, -0.2) is 92.4 Å². The van der Waals surface area contributed by atoms with E-state index in [1.165, 1.54) is 85.6 Å². The first-order valence-electron chi connectivity index (χ1n) is 13.2. The average Bonchev–Trinajstić information content (AvgIpc) is 3.47. The summed E-state index contributed by atoms with van der Waals surface area (Å²) in [6, 6.07) is 6.85. The minimum Gasteiger partial charge on any atom is -0.382 e. The Bertz CT molecular complexity index is 1790. The number of fused-ring (bicyclic) bond motifs is 1. The quantitative estimate of drug-likeness (QED) is 0.245. The summed E-state index contributed by atoms with van der Waals surface area (Å²) in [4.78, 5) is 32.7. The van der Waals surface area contributed by atoms with Crippen LogP contribution in [0.15, 0.2) is 42.9 Å². The topological polar surface area (TPSA) is 135 Å². The highest BCUT2D eigenvalue weighted by Gasteiger charge is 2.62. The van der Waals surface area contributed by atoms with Gasteiger partial charge >= 0.3 is 6.18 Å². The molecule has 1 aliphatic rings. The number of carbonyl (C=O) groups excluding carboxylic acids is 2. The second-order valence-corrected chi connectivity index (χ2v) is 11.6. The van der Waals surface area contributed by atoms with Gasteiger partial charge in [0.2, 0.25) is 5.91 Å². The molecule has 2 amide bonds. The van der Waals surface area contributed by atoms with Crippen LogP contribution in [0, 0.1) is 5.82 Å². The lowest BCUT2D eigenvalue weighted by molar-refractivity contribution is -0.174. The standard InChI is InChI=1S/C25H27B3F4N8O3/c1-12(41)40-22(2,3)21(42)38(24(26,27)25(40,28)43)18-8-13(4-5-15(18)29)17-9-14(19-20(33)34-11-36-39(17)19)16-6-7-35-37(16)10-23(30,31)32/h4-9,11,43H,10,26-28H2,1-3H3,(H2,33,34,36). The van der Waals surface area contributed by atoms with E-state index in [0.717, 1.165) is 20.5 Å². The third-order valence-electron chi connectivity index (χ3n) is 8.14. The molecule has 0 radical (unpaired) electrons. The van der Waals surface area contributed by atoms with Crippen LogP contribution in [0.1, 0.15) is 20.8 Å². The zero-order valence-corrected chi connectivity index (χ0v) is 24.2. The number of benzene rings is 1. The smallest absolute Gasteiger partial charge is 0.382 e. The number of piperazine rings is 1. The fourth-order valence-corrected chi connectivity index (χ4v) is 5.93. The van der Waals surface area contributed by atoms with E-state index in [9.17, 15) is 27.9 Å². The molecule has 3 N–H and O–H groups in total. The molecule has 3 aromatic heterocycles. The number of anilines is 2. The molecule has 0 saturated carbocycles. The molecule has 4 aromatic rings. The van der Waals surface area contributed by atoms with Gasteiger partial charge in [-0.3, -0.25) is 14.3 Å². The van der Waals surface area contributed by atoms with Gasteiger partial charge in [0.1, 0.15) is 51.1 Å². The van der Waals surface area contributed by atoms with Crippen molar-refractivity contribution >= 4 is 52.4 Å². The van der Waals surface area contributed by atoms with Crippen molar-refractivity contribution in [2.24, 2.45) is 0 Å². The summed E-state index contributed by atoms with van der Waals surface area (Å²) in [6.45, 7) is 2.81. The predicted molar refractivity (Wildman–Crippen MR) is 157 cm³/mol. The number of nitrogens with zero attached hydrogens (tertiary/aromatic N) is 7. The number of nitrogens with two attached hydrogens (primary N) is 1. The minimum absolute atomic E-state index is 0.0205. The maximum Gasteiger partial charge on any atom is 0.408 e. The molecule has 1 fully saturated rings. The van der Waals surface area contributed by atoms with Crippen LogP contribution < -0.4 is 10.6 Å². The van der Waals surface area contributed by atoms with Crippen LogP contribution in [0.3, 0.4) is 0 Å². The summed E-state index contributed by atoms with van der Waals surface area (Å²) < 4.78 is 57.6. The first-order chi connectivity index (χ1) is 19.8. The molecule has 1 saturated heterocycles. The molecule has 43 heavy (non-hydrogen) atoms. The van der Waals surface area contributed by atoms with Gasteiger partial charge in [0.05, 0.1) is 17.1 Å². The highest BCUT2D eigenvalue weighted by molar-refractivity contribution is 6.49. The van der Waals surface area contributed by atoms with E-state index in [0.29, 0.717) is 11.3 Å². The van der Waals surface area contributed by atoms with Gasteiger partial charge in [-0.25, -0.2) is 13.9 Å². The van der Waals surface area contributed by atoms with Crippen LogP contribution in [0.25, 0.3) is 28.0 Å². The fraction of sp³-hybridized carbons (Fsp3) is 0.320. The number of rotatable bonds is 4. The van der Waals surface area contributed by atoms with Crippen molar-refractivity contribution in [1.82, 2.24) is 29.3 Å². The van der Waals surface area contributed by atoms with Crippen molar-refractivity contribution < 1.29 is 32.3 Å². The van der Waals surface area contributed by atoms with Crippen molar-refractivity contribution in [3.8, 4) is 22.5 Å². The molecule has 0 spiro atoms. The lowest BCUT2D eigenvalue weighted by Gasteiger charge is -2.63. The molecule has 1 aliphatic heterocycles. The molecule has 222 valence electrons. The maximum absolute atomic E-state index is 15.6. The first kappa shape index (κ1) is 30.1. The van der Waals surface area contributed by atoms with Gasteiger partial charge in [-0.05, 0) is 44.2 Å². The summed E-state index contributed by atoms with van der Waals surface area (Å²) in [6.07, 6.45) is -2.16. The highest BCUT2D eigenvalue weighted by Crippen LogP contribution is 2.43. The Hall–Kier alpha value is -4.34. The molecule has 11 nitrogen and oxygen atoms in total. The fourth-order valence-electron chi connectivity index (χ4n) is 5.93. The molecule has 1 unspecified atom stereocenters. The Kier molecular flexibility index (Phi) is 6.72. The zero-order valence-electron chi connectivity index (χ0n) is 24.2. The zero-order chi connectivity index (χ0) is 31.9. The van der Waals surface area contributed by atoms with Crippen molar-refractivity contribution in [1.29, 1.82) is 0 Å². The summed E-state index contributed by atoms with van der Waals surface area (Å²) >= 11 is 0. The summed E-state index contributed by atoms with van der Waals surface area (Å²) in [5.41, 5.74) is 3.66. The summed E-state index contributed by atoms with van der Waals surface area (Å²) in [7, 11) is 4.42. The van der Waals surface area contributed by atoms with Crippen molar-refractivity contribution in [3.63, 3.8) is 0 Å². The lowest BCUT2D eigenvalue weighted by atomic mass is 9.46. The van der Waals surface area contributed by atoms with Crippen LogP contribution >= 0.6 is 0 Å². The first-order valence-corrected chi connectivity index (χ1v) is 13.2. The number of aromatic nitrogens is 5. The van der Waals surface area contributed by atoms with Gasteiger partial charge in [-0.15, -0.1) is 0 Å². The molecule has 0 aliphatic carbocycles. The third-order valence-corrected chi connectivity index (χ3v) is 8.14. The minimum atomic E-state index is -4.55. The van der Waals surface area contributed by atoms with E-state index in [1.54, 1.807) is 0 Å². The number of alkyl halides is 3. The molecule has 5 rings (SSSR count). The number of aliphatic hydroxyl groups is 1. The van der Waals surface area contributed by atoms with E-state index in [4.69, 9.17) is 5.73 Å². The van der Waals surface area contributed by atoms with Crippen LogP contribution in [0.2, 0.25) is 0 Å². The van der Waals surface area contributed by atoms with Gasteiger partial charge < -0.3 is 20.6 Å². The number of nitrogen functional groups attached to an aromatic ring is 1. The molecular weight excluding hydrogens is 569 g/mol. The number of amides is 2. The Labute approximate surface area is 245 Å². The second kappa shape index (κ2) is 9.59. The predicted octanol–water partition coefficient (Wildman–Crippen LogP) is -0.284. The highest BCUT2D eigenvalue weighted by atomic mass is 19.4. The monoisotopic (exact) mass is 596 g/mol. The lowest BCUT2D eigenvalue weighted by Crippen LogP contribution is -2.85. The van der Waals surface area contributed by atoms with E-state index in [2.05, 4.69) is 15.2 Å². The van der Waals surface area contributed by atoms with Crippen molar-refractivity contribution in [3.05, 3.63) is 48.7 Å². The largest absolute Gasteiger partial charge is 0.408 e. The third kappa shape index (κ3) is 4.55. The number of halogens is 4. The molecular formula is C25H27B3F4N8O3. The Morgan fingerprint density at radius 1 is 1.09 bits per heavy atom. The van der Waals surface area contributed by atoms with Gasteiger partial charge in [0.25, 0.3) is 5.91 Å². The van der Waals surface area contributed by atoms with E-state index >= 15 is 4.39 Å². The Morgan fingerprint density at radius 2 is 1.77 bits per heavy atom. The van der Waals surface area contributed by atoms with Gasteiger partial charge in [0.15, 0.2) is 13.7 Å². The van der Waals surface area contributed by atoms with E-state index in [-0.39, 0.29) is 28.3 Å². The van der Waals surface area contributed by atoms with Crippen molar-refractivity contribution in [2.75, 3.05) is 10.6 Å². The summed E-state index contributed by atoms with van der Waals surface area (Å²) in [5.74, 6) is -1.99. The van der Waals surface area contributed by atoms with Crippen molar-refractivity contribution in [2.45, 2.75) is 50.0 Å². The average molecular weight is 596 g/mol. The van der Waals surface area contributed by atoms with Crippen LogP contribution in [0.4, 0.5) is 29.1 Å². The number of hydrogen-bond acceptors (Lipinski definition) is 7. The summed E-state index contributed by atoms with van der Waals surface area (Å²) in [5, 5.41) is 18.2.